The quantitative estimate of drug-likeness (QED) is 0.300. The van der Waals surface area contributed by atoms with Crippen LogP contribution in [0.1, 0.15) is 6.92 Å². The molecule has 8 heavy (non-hydrogen) atoms. The summed E-state index contributed by atoms with van der Waals surface area (Å²) in [4.78, 5) is 23.6. The number of carbonyl (C=O) groups excluding carboxylic acids is 2. The molecular formula is C4H7NO3. The number of rotatable bonds is 3. The monoisotopic (exact) mass is 117 g/mol. The Morgan fingerprint density at radius 1 is 1.88 bits per heavy atom. The standard InChI is InChI=1S/C4H7NO3/c1-4(7)8-5-2-3-6/h3,5H,2H2,1H3. The van der Waals surface area contributed by atoms with Crippen molar-refractivity contribution >= 4 is 12.3 Å². The maximum atomic E-state index is 9.92. The second-order valence-corrected chi connectivity index (χ2v) is 1.11. The SMILES string of the molecule is CC(=O)ONCC=O. The van der Waals surface area contributed by atoms with Gasteiger partial charge >= 0.3 is 5.97 Å². The van der Waals surface area contributed by atoms with E-state index in [-0.39, 0.29) is 6.54 Å². The van der Waals surface area contributed by atoms with Crippen LogP contribution in [-0.4, -0.2) is 18.8 Å². The Morgan fingerprint density at radius 2 is 2.50 bits per heavy atom. The van der Waals surface area contributed by atoms with E-state index in [2.05, 4.69) is 10.3 Å². The van der Waals surface area contributed by atoms with E-state index in [4.69, 9.17) is 0 Å². The van der Waals surface area contributed by atoms with Crippen molar-refractivity contribution in [1.82, 2.24) is 5.48 Å². The van der Waals surface area contributed by atoms with Crippen LogP contribution in [-0.2, 0) is 14.4 Å². The van der Waals surface area contributed by atoms with Crippen LogP contribution in [0.5, 0.6) is 0 Å². The van der Waals surface area contributed by atoms with Gasteiger partial charge in [-0.3, -0.25) is 4.79 Å². The molecule has 0 aromatic carbocycles. The van der Waals surface area contributed by atoms with Gasteiger partial charge in [-0.1, -0.05) is 0 Å². The predicted molar refractivity (Wildman–Crippen MR) is 25.8 cm³/mol. The van der Waals surface area contributed by atoms with E-state index in [0.29, 0.717) is 6.29 Å². The van der Waals surface area contributed by atoms with Crippen LogP contribution in [0.25, 0.3) is 0 Å². The van der Waals surface area contributed by atoms with Crippen molar-refractivity contribution in [3.05, 3.63) is 0 Å². The lowest BCUT2D eigenvalue weighted by Crippen LogP contribution is -2.19. The van der Waals surface area contributed by atoms with E-state index in [0.717, 1.165) is 0 Å². The number of carbonyl (C=O) groups is 2. The van der Waals surface area contributed by atoms with E-state index >= 15 is 0 Å². The highest BCUT2D eigenvalue weighted by molar-refractivity contribution is 5.65. The molecule has 0 aromatic heterocycles. The average Bonchev–Trinajstić information content (AvgIpc) is 1.66. The predicted octanol–water partition coefficient (Wildman–Crippen LogP) is -0.747. The summed E-state index contributed by atoms with van der Waals surface area (Å²) in [5.41, 5.74) is 2.12. The number of aldehydes is 1. The third-order valence-corrected chi connectivity index (χ3v) is 0.383. The topological polar surface area (TPSA) is 55.4 Å². The van der Waals surface area contributed by atoms with Crippen molar-refractivity contribution in [3.63, 3.8) is 0 Å². The van der Waals surface area contributed by atoms with Crippen LogP contribution in [0, 0.1) is 0 Å². The Morgan fingerprint density at radius 3 is 2.88 bits per heavy atom. The highest BCUT2D eigenvalue weighted by Crippen LogP contribution is 1.64. The summed E-state index contributed by atoms with van der Waals surface area (Å²) in [6, 6.07) is 0. The largest absolute Gasteiger partial charge is 0.371 e. The molecule has 0 spiro atoms. The van der Waals surface area contributed by atoms with Crippen LogP contribution in [0.15, 0.2) is 0 Å². The number of hydrogen-bond donors (Lipinski definition) is 1. The smallest absolute Gasteiger partial charge is 0.321 e. The molecule has 0 amide bonds. The normalized spacial score (nSPS) is 8.12. The first-order chi connectivity index (χ1) is 3.77. The summed E-state index contributed by atoms with van der Waals surface area (Å²) >= 11 is 0. The summed E-state index contributed by atoms with van der Waals surface area (Å²) in [6.45, 7) is 1.29. The van der Waals surface area contributed by atoms with Crippen molar-refractivity contribution in [3.8, 4) is 0 Å². The summed E-state index contributed by atoms with van der Waals surface area (Å²) in [5.74, 6) is -0.452. The van der Waals surface area contributed by atoms with Gasteiger partial charge in [-0.15, -0.1) is 5.48 Å². The van der Waals surface area contributed by atoms with Crippen molar-refractivity contribution in [1.29, 1.82) is 0 Å². The number of hydrogen-bond acceptors (Lipinski definition) is 4. The average molecular weight is 117 g/mol. The van der Waals surface area contributed by atoms with E-state index in [1.54, 1.807) is 0 Å². The van der Waals surface area contributed by atoms with Gasteiger partial charge < -0.3 is 9.63 Å². The van der Waals surface area contributed by atoms with Gasteiger partial charge in [0.25, 0.3) is 0 Å². The second kappa shape index (κ2) is 4.26. The Bertz CT molecular complexity index is 91.3. The molecule has 0 aliphatic heterocycles. The minimum absolute atomic E-state index is 0.0413. The molecule has 1 N–H and O–H groups in total. The number of nitrogens with one attached hydrogen (secondary N) is 1. The molecule has 0 radical (unpaired) electrons. The Labute approximate surface area is 46.8 Å². The van der Waals surface area contributed by atoms with Crippen LogP contribution in [0.3, 0.4) is 0 Å². The fraction of sp³-hybridized carbons (Fsp3) is 0.500. The van der Waals surface area contributed by atoms with Gasteiger partial charge in [-0.2, -0.15) is 0 Å². The minimum atomic E-state index is -0.452. The molecule has 0 aromatic rings. The van der Waals surface area contributed by atoms with Gasteiger partial charge in [-0.25, -0.2) is 0 Å². The highest BCUT2D eigenvalue weighted by atomic mass is 16.7. The Kier molecular flexibility index (Phi) is 3.78. The molecule has 4 heteroatoms. The van der Waals surface area contributed by atoms with E-state index in [9.17, 15) is 9.59 Å². The van der Waals surface area contributed by atoms with Crippen LogP contribution < -0.4 is 5.48 Å². The molecule has 4 nitrogen and oxygen atoms in total. The Balaban J connectivity index is 2.93. The lowest BCUT2D eigenvalue weighted by molar-refractivity contribution is -0.148. The molecule has 0 aliphatic carbocycles. The van der Waals surface area contributed by atoms with Gasteiger partial charge in [0, 0.05) is 6.92 Å². The first-order valence-electron chi connectivity index (χ1n) is 2.11. The molecule has 0 atom stereocenters. The van der Waals surface area contributed by atoms with Crippen molar-refractivity contribution < 1.29 is 14.4 Å². The maximum Gasteiger partial charge on any atom is 0.321 e. The van der Waals surface area contributed by atoms with Crippen LogP contribution >= 0.6 is 0 Å². The van der Waals surface area contributed by atoms with E-state index in [1.807, 2.05) is 0 Å². The van der Waals surface area contributed by atoms with Gasteiger partial charge in [-0.05, 0) is 0 Å². The zero-order valence-corrected chi connectivity index (χ0v) is 4.51. The summed E-state index contributed by atoms with van der Waals surface area (Å²) in [7, 11) is 0. The van der Waals surface area contributed by atoms with Crippen molar-refractivity contribution in [2.24, 2.45) is 0 Å². The molecule has 0 saturated carbocycles. The fourth-order valence-corrected chi connectivity index (χ4v) is 0.177. The number of hydroxylamine groups is 1. The molecule has 46 valence electrons. The summed E-state index contributed by atoms with van der Waals surface area (Å²) in [6.07, 6.45) is 0.600. The maximum absolute atomic E-state index is 9.92. The van der Waals surface area contributed by atoms with Gasteiger partial charge in [0.15, 0.2) is 0 Å². The van der Waals surface area contributed by atoms with Gasteiger partial charge in [0.05, 0.1) is 6.54 Å². The Hall–Kier alpha value is -0.900. The lowest BCUT2D eigenvalue weighted by Gasteiger charge is -1.94. The molecule has 0 aliphatic rings. The van der Waals surface area contributed by atoms with Crippen LogP contribution in [0.2, 0.25) is 0 Å². The zero-order valence-electron chi connectivity index (χ0n) is 4.51. The molecule has 0 fully saturated rings. The summed E-state index contributed by atoms with van der Waals surface area (Å²) in [5, 5.41) is 0. The van der Waals surface area contributed by atoms with Crippen molar-refractivity contribution in [2.75, 3.05) is 6.54 Å². The van der Waals surface area contributed by atoms with Crippen LogP contribution in [0.4, 0.5) is 0 Å². The molecular weight excluding hydrogens is 110 g/mol. The van der Waals surface area contributed by atoms with Gasteiger partial charge in [0.1, 0.15) is 6.29 Å². The first kappa shape index (κ1) is 7.10. The third-order valence-electron chi connectivity index (χ3n) is 0.383. The molecule has 0 bridgehead atoms. The van der Waals surface area contributed by atoms with Gasteiger partial charge in [0.2, 0.25) is 0 Å². The van der Waals surface area contributed by atoms with E-state index in [1.165, 1.54) is 6.92 Å². The second-order valence-electron chi connectivity index (χ2n) is 1.11. The van der Waals surface area contributed by atoms with Crippen molar-refractivity contribution in [2.45, 2.75) is 6.92 Å². The molecule has 0 saturated heterocycles. The summed E-state index contributed by atoms with van der Waals surface area (Å²) < 4.78 is 0. The molecule has 0 unspecified atom stereocenters. The van der Waals surface area contributed by atoms with E-state index < -0.39 is 5.97 Å². The highest BCUT2D eigenvalue weighted by Gasteiger charge is 1.86. The fourth-order valence-electron chi connectivity index (χ4n) is 0.177. The first-order valence-corrected chi connectivity index (χ1v) is 2.11. The lowest BCUT2D eigenvalue weighted by atomic mass is 10.8. The molecule has 0 heterocycles. The molecule has 0 rings (SSSR count). The third kappa shape index (κ3) is 5.10. The minimum Gasteiger partial charge on any atom is -0.371 e. The zero-order chi connectivity index (χ0) is 6.41.